The third kappa shape index (κ3) is 2.89. The Kier molecular flexibility index (Phi) is 4.22. The Labute approximate surface area is 117 Å². The second-order valence-corrected chi connectivity index (χ2v) is 6.07. The van der Waals surface area contributed by atoms with Crippen molar-refractivity contribution in [1.82, 2.24) is 9.97 Å². The first-order chi connectivity index (χ1) is 8.11. The van der Waals surface area contributed by atoms with Crippen molar-refractivity contribution < 1.29 is 0 Å². The van der Waals surface area contributed by atoms with Crippen LogP contribution >= 0.6 is 22.6 Å². The lowest BCUT2D eigenvalue weighted by molar-refractivity contribution is 0.312. The number of halogens is 1. The number of hydrogen-bond donors (Lipinski definition) is 1. The smallest absolute Gasteiger partial charge is 0.140 e. The Morgan fingerprint density at radius 1 is 1.24 bits per heavy atom. The minimum atomic E-state index is 0.524. The van der Waals surface area contributed by atoms with E-state index in [-0.39, 0.29) is 0 Å². The zero-order valence-corrected chi connectivity index (χ0v) is 12.7. The molecule has 1 aliphatic rings. The number of nitrogen functional groups attached to an aromatic ring is 1. The fourth-order valence-corrected chi connectivity index (χ4v) is 2.86. The molecule has 0 radical (unpaired) electrons. The van der Waals surface area contributed by atoms with E-state index in [1.807, 2.05) is 6.92 Å². The van der Waals surface area contributed by atoms with Crippen molar-refractivity contribution in [3.05, 3.63) is 15.1 Å². The summed E-state index contributed by atoms with van der Waals surface area (Å²) < 4.78 is 0.994. The van der Waals surface area contributed by atoms with Gasteiger partial charge in [-0.1, -0.05) is 13.3 Å². The molecule has 1 aliphatic carbocycles. The summed E-state index contributed by atoms with van der Waals surface area (Å²) in [7, 11) is 0. The highest BCUT2D eigenvalue weighted by Gasteiger charge is 2.24. The molecule has 1 saturated carbocycles. The fraction of sp³-hybridized carbons (Fsp3) is 0.692. The van der Waals surface area contributed by atoms with Crippen molar-refractivity contribution >= 4 is 28.4 Å². The predicted molar refractivity (Wildman–Crippen MR) is 78.9 cm³/mol. The molecule has 1 heterocycles. The molecule has 94 valence electrons. The summed E-state index contributed by atoms with van der Waals surface area (Å²) in [5.41, 5.74) is 6.94. The van der Waals surface area contributed by atoms with Crippen LogP contribution in [0.2, 0.25) is 0 Å². The molecule has 0 bridgehead atoms. The van der Waals surface area contributed by atoms with Crippen molar-refractivity contribution in [2.45, 2.75) is 51.9 Å². The largest absolute Gasteiger partial charge is 0.383 e. The van der Waals surface area contributed by atoms with Crippen LogP contribution in [0.5, 0.6) is 0 Å². The van der Waals surface area contributed by atoms with Crippen LogP contribution in [-0.2, 0) is 0 Å². The highest BCUT2D eigenvalue weighted by molar-refractivity contribution is 14.1. The van der Waals surface area contributed by atoms with Gasteiger partial charge in [0.25, 0.3) is 0 Å². The molecule has 0 atom stereocenters. The minimum Gasteiger partial charge on any atom is -0.383 e. The van der Waals surface area contributed by atoms with Crippen LogP contribution in [0.15, 0.2) is 0 Å². The van der Waals surface area contributed by atoms with Crippen molar-refractivity contribution in [2.24, 2.45) is 5.92 Å². The van der Waals surface area contributed by atoms with Crippen molar-refractivity contribution in [2.75, 3.05) is 5.73 Å². The van der Waals surface area contributed by atoms with Gasteiger partial charge >= 0.3 is 0 Å². The van der Waals surface area contributed by atoms with E-state index >= 15 is 0 Å². The standard InChI is InChI=1S/C13H20IN3/c1-3-9-4-6-10(7-5-9)13-16-8(2)11(14)12(15)17-13/h9-10H,3-7H2,1-2H3,(H2,15,16,17). The quantitative estimate of drug-likeness (QED) is 0.833. The lowest BCUT2D eigenvalue weighted by atomic mass is 9.80. The molecule has 0 amide bonds. The van der Waals surface area contributed by atoms with Crippen molar-refractivity contribution in [3.8, 4) is 0 Å². The molecule has 0 unspecified atom stereocenters. The van der Waals surface area contributed by atoms with Gasteiger partial charge in [-0.3, -0.25) is 0 Å². The predicted octanol–water partition coefficient (Wildman–Crippen LogP) is 3.66. The van der Waals surface area contributed by atoms with E-state index in [9.17, 15) is 0 Å². The van der Waals surface area contributed by atoms with Gasteiger partial charge in [-0.25, -0.2) is 9.97 Å². The second-order valence-electron chi connectivity index (χ2n) is 4.99. The Morgan fingerprint density at radius 3 is 2.41 bits per heavy atom. The molecular formula is C13H20IN3. The first-order valence-corrected chi connectivity index (χ1v) is 7.49. The highest BCUT2D eigenvalue weighted by Crippen LogP contribution is 2.36. The van der Waals surface area contributed by atoms with Crippen molar-refractivity contribution in [3.63, 3.8) is 0 Å². The Balaban J connectivity index is 2.13. The van der Waals surface area contributed by atoms with Crippen LogP contribution in [0, 0.1) is 16.4 Å². The molecular weight excluding hydrogens is 325 g/mol. The maximum absolute atomic E-state index is 5.92. The average Bonchev–Trinajstić information content (AvgIpc) is 2.35. The first-order valence-electron chi connectivity index (χ1n) is 6.41. The molecule has 2 rings (SSSR count). The Morgan fingerprint density at radius 2 is 1.88 bits per heavy atom. The molecule has 1 fully saturated rings. The summed E-state index contributed by atoms with van der Waals surface area (Å²) in [5, 5.41) is 0. The number of aryl methyl sites for hydroxylation is 1. The number of rotatable bonds is 2. The Bertz CT molecular complexity index is 375. The summed E-state index contributed by atoms with van der Waals surface area (Å²) in [6.07, 6.45) is 6.38. The highest BCUT2D eigenvalue weighted by atomic mass is 127. The molecule has 0 spiro atoms. The van der Waals surface area contributed by atoms with Gasteiger partial charge in [0.15, 0.2) is 0 Å². The van der Waals surface area contributed by atoms with Gasteiger partial charge in [-0.05, 0) is 61.1 Å². The molecule has 0 aromatic carbocycles. The summed E-state index contributed by atoms with van der Waals surface area (Å²) >= 11 is 2.22. The zero-order chi connectivity index (χ0) is 12.4. The van der Waals surface area contributed by atoms with Crippen LogP contribution < -0.4 is 5.73 Å². The summed E-state index contributed by atoms with van der Waals surface area (Å²) in [6.45, 7) is 4.30. The van der Waals surface area contributed by atoms with Gasteiger partial charge in [0, 0.05) is 5.92 Å². The normalized spacial score (nSPS) is 24.9. The number of nitrogens with two attached hydrogens (primary N) is 1. The summed E-state index contributed by atoms with van der Waals surface area (Å²) in [5.74, 6) is 3.05. The van der Waals surface area contributed by atoms with Gasteiger partial charge in [0.05, 0.1) is 9.26 Å². The average molecular weight is 345 g/mol. The topological polar surface area (TPSA) is 51.8 Å². The lowest BCUT2D eigenvalue weighted by Gasteiger charge is -2.27. The first kappa shape index (κ1) is 13.1. The molecule has 0 saturated heterocycles. The maximum Gasteiger partial charge on any atom is 0.140 e. The molecule has 2 N–H and O–H groups in total. The van der Waals surface area contributed by atoms with E-state index in [0.717, 1.165) is 21.0 Å². The van der Waals surface area contributed by atoms with Gasteiger partial charge in [-0.2, -0.15) is 0 Å². The van der Waals surface area contributed by atoms with Gasteiger partial charge in [0.2, 0.25) is 0 Å². The molecule has 1 aromatic heterocycles. The minimum absolute atomic E-state index is 0.524. The van der Waals surface area contributed by atoms with Crippen LogP contribution in [0.4, 0.5) is 5.82 Å². The van der Waals surface area contributed by atoms with Crippen molar-refractivity contribution in [1.29, 1.82) is 0 Å². The molecule has 4 heteroatoms. The summed E-state index contributed by atoms with van der Waals surface area (Å²) in [6, 6.07) is 0. The van der Waals surface area contributed by atoms with Crippen LogP contribution in [-0.4, -0.2) is 9.97 Å². The molecule has 1 aromatic rings. The number of aromatic nitrogens is 2. The van der Waals surface area contributed by atoms with E-state index < -0.39 is 0 Å². The number of nitrogens with zero attached hydrogens (tertiary/aromatic N) is 2. The number of anilines is 1. The fourth-order valence-electron chi connectivity index (χ4n) is 2.62. The van der Waals surface area contributed by atoms with Crippen LogP contribution in [0.3, 0.4) is 0 Å². The molecule has 0 aliphatic heterocycles. The second kappa shape index (κ2) is 5.50. The van der Waals surface area contributed by atoms with Gasteiger partial charge < -0.3 is 5.73 Å². The molecule has 17 heavy (non-hydrogen) atoms. The number of hydrogen-bond acceptors (Lipinski definition) is 3. The Hall–Kier alpha value is -0.390. The van der Waals surface area contributed by atoms with Gasteiger partial charge in [-0.15, -0.1) is 0 Å². The maximum atomic E-state index is 5.92. The van der Waals surface area contributed by atoms with E-state index in [1.165, 1.54) is 32.1 Å². The third-order valence-electron chi connectivity index (χ3n) is 3.85. The lowest BCUT2D eigenvalue weighted by Crippen LogP contribution is -2.16. The third-order valence-corrected chi connectivity index (χ3v) is 5.18. The summed E-state index contributed by atoms with van der Waals surface area (Å²) in [4.78, 5) is 9.08. The van der Waals surface area contributed by atoms with E-state index in [0.29, 0.717) is 11.7 Å². The monoisotopic (exact) mass is 345 g/mol. The zero-order valence-electron chi connectivity index (χ0n) is 10.5. The van der Waals surface area contributed by atoms with E-state index in [4.69, 9.17) is 5.73 Å². The van der Waals surface area contributed by atoms with Gasteiger partial charge in [0.1, 0.15) is 11.6 Å². The van der Waals surface area contributed by atoms with Crippen LogP contribution in [0.25, 0.3) is 0 Å². The SMILES string of the molecule is CCC1CCC(c2nc(C)c(I)c(N)n2)CC1. The van der Waals surface area contributed by atoms with Crippen LogP contribution in [0.1, 0.15) is 56.5 Å². The van der Waals surface area contributed by atoms with E-state index in [2.05, 4.69) is 39.5 Å². The molecule has 3 nitrogen and oxygen atoms in total. The van der Waals surface area contributed by atoms with E-state index in [1.54, 1.807) is 0 Å².